The zero-order chi connectivity index (χ0) is 14.9. The van der Waals surface area contributed by atoms with E-state index in [4.69, 9.17) is 21.1 Å². The number of hydrogen-bond acceptors (Lipinski definition) is 8. The van der Waals surface area contributed by atoms with Crippen LogP contribution in [-0.4, -0.2) is 37.0 Å². The number of tetrazole rings is 1. The van der Waals surface area contributed by atoms with Crippen LogP contribution in [0.5, 0.6) is 11.5 Å². The van der Waals surface area contributed by atoms with Crippen molar-refractivity contribution in [3.05, 3.63) is 35.6 Å². The summed E-state index contributed by atoms with van der Waals surface area (Å²) < 4.78 is 12.2. The highest BCUT2D eigenvalue weighted by Gasteiger charge is 2.17. The summed E-state index contributed by atoms with van der Waals surface area (Å²) in [6.45, 7) is 0.217. The summed E-state index contributed by atoms with van der Waals surface area (Å²) in [5.74, 6) is 1.36. The van der Waals surface area contributed by atoms with Crippen molar-refractivity contribution < 1.29 is 9.47 Å². The van der Waals surface area contributed by atoms with E-state index in [2.05, 4.69) is 25.5 Å². The second kappa shape index (κ2) is 5.43. The molecule has 3 heterocycles. The van der Waals surface area contributed by atoms with Crippen LogP contribution in [0.25, 0.3) is 5.69 Å². The predicted molar refractivity (Wildman–Crippen MR) is 76.4 cm³/mol. The summed E-state index contributed by atoms with van der Waals surface area (Å²) in [7, 11) is 0. The molecule has 4 rings (SSSR count). The molecule has 8 nitrogen and oxygen atoms in total. The molecule has 1 aliphatic heterocycles. The molecular weight excluding hydrogens is 328 g/mol. The molecule has 0 aliphatic carbocycles. The lowest BCUT2D eigenvalue weighted by molar-refractivity contribution is 0.174. The molecule has 1 aliphatic rings. The van der Waals surface area contributed by atoms with Crippen molar-refractivity contribution in [3.63, 3.8) is 0 Å². The molecule has 110 valence electrons. The zero-order valence-corrected chi connectivity index (χ0v) is 12.5. The van der Waals surface area contributed by atoms with Crippen LogP contribution in [0, 0.1) is 0 Å². The molecule has 1 aromatic carbocycles. The maximum absolute atomic E-state index is 5.77. The first-order chi connectivity index (χ1) is 10.8. The number of nitrogens with zero attached hydrogens (tertiary/aromatic N) is 6. The van der Waals surface area contributed by atoms with Gasteiger partial charge in [0.05, 0.1) is 23.1 Å². The number of hydrogen-bond donors (Lipinski definition) is 0. The van der Waals surface area contributed by atoms with Gasteiger partial charge >= 0.3 is 0 Å². The van der Waals surface area contributed by atoms with Crippen molar-refractivity contribution in [1.29, 1.82) is 0 Å². The fraction of sp³-hybridized carbons (Fsp3) is 0.0833. The van der Waals surface area contributed by atoms with E-state index < -0.39 is 0 Å². The van der Waals surface area contributed by atoms with Crippen molar-refractivity contribution in [3.8, 4) is 17.2 Å². The third-order valence-corrected chi connectivity index (χ3v) is 3.85. The fourth-order valence-corrected chi connectivity index (χ4v) is 2.63. The lowest BCUT2D eigenvalue weighted by atomic mass is 10.3. The minimum absolute atomic E-state index is 0.217. The number of aromatic nitrogens is 6. The molecule has 3 aromatic rings. The largest absolute Gasteiger partial charge is 0.454 e. The smallest absolute Gasteiger partial charge is 0.231 e. The highest BCUT2D eigenvalue weighted by molar-refractivity contribution is 7.99. The van der Waals surface area contributed by atoms with Crippen LogP contribution >= 0.6 is 23.4 Å². The first-order valence-electron chi connectivity index (χ1n) is 6.13. The maximum atomic E-state index is 5.77. The first-order valence-corrected chi connectivity index (χ1v) is 7.33. The van der Waals surface area contributed by atoms with Gasteiger partial charge in [0.25, 0.3) is 0 Å². The minimum Gasteiger partial charge on any atom is -0.454 e. The molecule has 0 saturated heterocycles. The highest BCUT2D eigenvalue weighted by Crippen LogP contribution is 2.34. The molecule has 0 unspecified atom stereocenters. The zero-order valence-electron chi connectivity index (χ0n) is 10.9. The van der Waals surface area contributed by atoms with E-state index in [0.29, 0.717) is 26.8 Å². The van der Waals surface area contributed by atoms with Crippen LogP contribution < -0.4 is 9.47 Å². The molecule has 0 N–H and O–H groups in total. The van der Waals surface area contributed by atoms with Gasteiger partial charge in [-0.15, -0.1) is 5.10 Å². The Morgan fingerprint density at radius 3 is 2.82 bits per heavy atom. The van der Waals surface area contributed by atoms with Gasteiger partial charge in [-0.2, -0.15) is 4.68 Å². The first kappa shape index (κ1) is 13.3. The quantitative estimate of drug-likeness (QED) is 0.672. The molecule has 0 spiro atoms. The number of rotatable bonds is 3. The van der Waals surface area contributed by atoms with Gasteiger partial charge in [-0.3, -0.25) is 0 Å². The Bertz CT molecular complexity index is 825. The van der Waals surface area contributed by atoms with E-state index in [1.54, 1.807) is 4.68 Å². The summed E-state index contributed by atoms with van der Waals surface area (Å²) in [5, 5.41) is 13.2. The summed E-state index contributed by atoms with van der Waals surface area (Å²) in [6, 6.07) is 5.47. The number of fused-ring (bicyclic) bond motifs is 1. The normalized spacial score (nSPS) is 12.6. The second-order valence-corrected chi connectivity index (χ2v) is 5.57. The minimum atomic E-state index is 0.217. The molecule has 10 heteroatoms. The van der Waals surface area contributed by atoms with Gasteiger partial charge < -0.3 is 9.47 Å². The summed E-state index contributed by atoms with van der Waals surface area (Å²) >= 11 is 7.00. The van der Waals surface area contributed by atoms with E-state index in [0.717, 1.165) is 5.69 Å². The Morgan fingerprint density at radius 1 is 1.14 bits per heavy atom. The topological polar surface area (TPSA) is 87.8 Å². The van der Waals surface area contributed by atoms with Crippen LogP contribution in [0.3, 0.4) is 0 Å². The number of ether oxygens (including phenoxy) is 2. The SMILES string of the molecule is Clc1cnc(Sc2nnnn2-c2ccc3c(c2)OCO3)nc1. The van der Waals surface area contributed by atoms with Crippen molar-refractivity contribution in [2.24, 2.45) is 0 Å². The summed E-state index contributed by atoms with van der Waals surface area (Å²) in [4.78, 5) is 8.22. The Balaban J connectivity index is 1.66. The van der Waals surface area contributed by atoms with E-state index >= 15 is 0 Å². The Kier molecular flexibility index (Phi) is 3.28. The van der Waals surface area contributed by atoms with Crippen molar-refractivity contribution in [1.82, 2.24) is 30.2 Å². The summed E-state index contributed by atoms with van der Waals surface area (Å²) in [6.07, 6.45) is 3.04. The van der Waals surface area contributed by atoms with Crippen LogP contribution in [0.4, 0.5) is 0 Å². The van der Waals surface area contributed by atoms with Gasteiger partial charge in [0.2, 0.25) is 11.9 Å². The lowest BCUT2D eigenvalue weighted by Gasteiger charge is -2.04. The molecule has 0 bridgehead atoms. The molecule has 0 fully saturated rings. The molecule has 0 atom stereocenters. The molecule has 22 heavy (non-hydrogen) atoms. The number of benzene rings is 1. The Morgan fingerprint density at radius 2 is 1.95 bits per heavy atom. The van der Waals surface area contributed by atoms with Gasteiger partial charge in [0.15, 0.2) is 16.7 Å². The Labute approximate surface area is 133 Å². The highest BCUT2D eigenvalue weighted by atomic mass is 35.5. The third-order valence-electron chi connectivity index (χ3n) is 2.82. The average molecular weight is 335 g/mol. The fourth-order valence-electron chi connectivity index (χ4n) is 1.86. The van der Waals surface area contributed by atoms with E-state index in [-0.39, 0.29) is 6.79 Å². The van der Waals surface area contributed by atoms with Crippen LogP contribution in [0.1, 0.15) is 0 Å². The molecule has 2 aromatic heterocycles. The van der Waals surface area contributed by atoms with Crippen molar-refractivity contribution >= 4 is 23.4 Å². The third kappa shape index (κ3) is 2.44. The maximum Gasteiger partial charge on any atom is 0.231 e. The molecule has 0 saturated carbocycles. The van der Waals surface area contributed by atoms with Crippen molar-refractivity contribution in [2.75, 3.05) is 6.79 Å². The second-order valence-electron chi connectivity index (χ2n) is 4.20. The molecule has 0 radical (unpaired) electrons. The van der Waals surface area contributed by atoms with Gasteiger partial charge in [-0.05, 0) is 34.3 Å². The van der Waals surface area contributed by atoms with Crippen LogP contribution in [0.15, 0.2) is 40.9 Å². The van der Waals surface area contributed by atoms with E-state index in [9.17, 15) is 0 Å². The number of halogens is 1. The van der Waals surface area contributed by atoms with Crippen LogP contribution in [-0.2, 0) is 0 Å². The monoisotopic (exact) mass is 334 g/mol. The molecular formula is C12H7ClN6O2S. The van der Waals surface area contributed by atoms with Gasteiger partial charge in [0.1, 0.15) is 0 Å². The summed E-state index contributed by atoms with van der Waals surface area (Å²) in [5.41, 5.74) is 0.755. The van der Waals surface area contributed by atoms with Crippen LogP contribution in [0.2, 0.25) is 5.02 Å². The van der Waals surface area contributed by atoms with Gasteiger partial charge in [-0.1, -0.05) is 11.6 Å². The van der Waals surface area contributed by atoms with E-state index in [1.807, 2.05) is 18.2 Å². The van der Waals surface area contributed by atoms with Gasteiger partial charge in [0, 0.05) is 6.07 Å². The standard InChI is InChI=1S/C12H7ClN6O2S/c13-7-4-14-11(15-5-7)22-12-16-17-18-19(12)8-1-2-9-10(3-8)21-6-20-9/h1-5H,6H2. The Hall–Kier alpha value is -2.39. The predicted octanol–water partition coefficient (Wildman–Crippen LogP) is 1.99. The van der Waals surface area contributed by atoms with E-state index in [1.165, 1.54) is 24.2 Å². The lowest BCUT2D eigenvalue weighted by Crippen LogP contribution is -1.99. The molecule has 0 amide bonds. The van der Waals surface area contributed by atoms with Gasteiger partial charge in [-0.25, -0.2) is 9.97 Å². The average Bonchev–Trinajstić information content (AvgIpc) is 3.17. The van der Waals surface area contributed by atoms with Crippen molar-refractivity contribution in [2.45, 2.75) is 10.3 Å².